The van der Waals surface area contributed by atoms with E-state index in [1.54, 1.807) is 0 Å². The predicted octanol–water partition coefficient (Wildman–Crippen LogP) is 3.88. The van der Waals surface area contributed by atoms with E-state index in [2.05, 4.69) is 60.5 Å². The van der Waals surface area contributed by atoms with Crippen molar-refractivity contribution in [1.29, 1.82) is 0 Å². The van der Waals surface area contributed by atoms with Crippen LogP contribution in [0.2, 0.25) is 0 Å². The molecule has 3 rings (SSSR count). The van der Waals surface area contributed by atoms with Crippen molar-refractivity contribution >= 4 is 0 Å². The molecule has 1 aliphatic heterocycles. The quantitative estimate of drug-likeness (QED) is 0.771. The Labute approximate surface area is 145 Å². The second-order valence-corrected chi connectivity index (χ2v) is 6.58. The van der Waals surface area contributed by atoms with Crippen LogP contribution in [0.15, 0.2) is 60.7 Å². The first-order chi connectivity index (χ1) is 11.8. The van der Waals surface area contributed by atoms with Crippen LogP contribution >= 0.6 is 0 Å². The molecule has 1 heterocycles. The van der Waals surface area contributed by atoms with Crippen molar-refractivity contribution < 1.29 is 9.47 Å². The van der Waals surface area contributed by atoms with Gasteiger partial charge in [0.1, 0.15) is 0 Å². The third kappa shape index (κ3) is 5.17. The summed E-state index contributed by atoms with van der Waals surface area (Å²) >= 11 is 0. The average Bonchev–Trinajstić information content (AvgIpc) is 2.64. The molecule has 3 heteroatoms. The van der Waals surface area contributed by atoms with Crippen LogP contribution in [0.3, 0.4) is 0 Å². The topological polar surface area (TPSA) is 21.7 Å². The summed E-state index contributed by atoms with van der Waals surface area (Å²) in [5, 5.41) is 0. The largest absolute Gasteiger partial charge is 0.375 e. The number of ether oxygens (including phenoxy) is 2. The van der Waals surface area contributed by atoms with Gasteiger partial charge in [-0.2, -0.15) is 0 Å². The molecule has 2 aromatic rings. The number of hydrogen-bond acceptors (Lipinski definition) is 3. The lowest BCUT2D eigenvalue weighted by Gasteiger charge is -2.36. The number of benzene rings is 2. The fraction of sp³-hybridized carbons (Fsp3) is 0.429. The van der Waals surface area contributed by atoms with Gasteiger partial charge in [-0.1, -0.05) is 60.7 Å². The molecule has 0 saturated carbocycles. The van der Waals surface area contributed by atoms with Gasteiger partial charge >= 0.3 is 0 Å². The molecular weight excluding hydrogens is 298 g/mol. The maximum atomic E-state index is 6.13. The van der Waals surface area contributed by atoms with Crippen LogP contribution in [0.1, 0.15) is 24.0 Å². The second-order valence-electron chi connectivity index (χ2n) is 6.58. The van der Waals surface area contributed by atoms with E-state index in [4.69, 9.17) is 9.47 Å². The predicted molar refractivity (Wildman–Crippen MR) is 96.8 cm³/mol. The van der Waals surface area contributed by atoms with Gasteiger partial charge in [0.15, 0.2) is 0 Å². The summed E-state index contributed by atoms with van der Waals surface area (Å²) in [6.07, 6.45) is 2.46. The van der Waals surface area contributed by atoms with Gasteiger partial charge in [0.25, 0.3) is 0 Å². The van der Waals surface area contributed by atoms with Crippen LogP contribution in [0.5, 0.6) is 0 Å². The molecule has 1 aliphatic rings. The van der Waals surface area contributed by atoms with Crippen LogP contribution in [-0.2, 0) is 22.7 Å². The Morgan fingerprint density at radius 1 is 0.917 bits per heavy atom. The van der Waals surface area contributed by atoms with E-state index in [1.807, 2.05) is 12.1 Å². The first-order valence-electron chi connectivity index (χ1n) is 8.78. The third-order valence-corrected chi connectivity index (χ3v) is 4.71. The highest BCUT2D eigenvalue weighted by Gasteiger charge is 2.26. The molecular formula is C21H27NO2. The fourth-order valence-electron chi connectivity index (χ4n) is 3.15. The minimum absolute atomic E-state index is 0.326. The van der Waals surface area contributed by atoms with E-state index in [0.717, 1.165) is 26.0 Å². The lowest BCUT2D eigenvalue weighted by Crippen LogP contribution is -2.45. The van der Waals surface area contributed by atoms with Crippen molar-refractivity contribution in [2.45, 2.75) is 38.2 Å². The summed E-state index contributed by atoms with van der Waals surface area (Å²) in [7, 11) is 2.18. The molecule has 2 aromatic carbocycles. The summed E-state index contributed by atoms with van der Waals surface area (Å²) < 4.78 is 12.1. The van der Waals surface area contributed by atoms with Gasteiger partial charge in [-0.25, -0.2) is 0 Å². The highest BCUT2D eigenvalue weighted by molar-refractivity contribution is 5.14. The van der Waals surface area contributed by atoms with E-state index >= 15 is 0 Å². The Balaban J connectivity index is 1.43. The van der Waals surface area contributed by atoms with Gasteiger partial charge in [0, 0.05) is 12.6 Å². The molecule has 0 N–H and O–H groups in total. The molecule has 2 atom stereocenters. The number of rotatable bonds is 7. The van der Waals surface area contributed by atoms with Gasteiger partial charge < -0.3 is 14.4 Å². The number of likely N-dealkylation sites (tertiary alicyclic amines) is 1. The summed E-state index contributed by atoms with van der Waals surface area (Å²) in [6, 6.07) is 21.2. The highest BCUT2D eigenvalue weighted by atomic mass is 16.5. The van der Waals surface area contributed by atoms with Crippen LogP contribution in [0.4, 0.5) is 0 Å². The summed E-state index contributed by atoms with van der Waals surface area (Å²) in [4.78, 5) is 2.40. The number of nitrogens with zero attached hydrogens (tertiary/aromatic N) is 1. The standard InChI is InChI=1S/C21H27NO2/c1-22-13-12-21(24-16-19-10-6-3-7-11-19)14-20(22)17-23-15-18-8-4-2-5-9-18/h2-11,20-21H,12-17H2,1H3. The summed E-state index contributed by atoms with van der Waals surface area (Å²) in [5.41, 5.74) is 2.47. The Morgan fingerprint density at radius 3 is 2.21 bits per heavy atom. The Bertz CT molecular complexity index is 587. The molecule has 2 unspecified atom stereocenters. The van der Waals surface area contributed by atoms with E-state index in [9.17, 15) is 0 Å². The Kier molecular flexibility index (Phi) is 6.41. The van der Waals surface area contributed by atoms with Gasteiger partial charge in [-0.05, 0) is 31.0 Å². The van der Waals surface area contributed by atoms with Gasteiger partial charge in [0.05, 0.1) is 25.9 Å². The third-order valence-electron chi connectivity index (χ3n) is 4.71. The van der Waals surface area contributed by atoms with E-state index in [1.165, 1.54) is 11.1 Å². The molecule has 1 fully saturated rings. The zero-order chi connectivity index (χ0) is 16.6. The summed E-state index contributed by atoms with van der Waals surface area (Å²) in [5.74, 6) is 0. The van der Waals surface area contributed by atoms with Crippen LogP contribution in [-0.4, -0.2) is 37.2 Å². The van der Waals surface area contributed by atoms with Crippen molar-refractivity contribution in [2.75, 3.05) is 20.2 Å². The molecule has 1 saturated heterocycles. The molecule has 0 spiro atoms. The van der Waals surface area contributed by atoms with Crippen LogP contribution in [0.25, 0.3) is 0 Å². The average molecular weight is 325 g/mol. The highest BCUT2D eigenvalue weighted by Crippen LogP contribution is 2.20. The molecule has 24 heavy (non-hydrogen) atoms. The lowest BCUT2D eigenvalue weighted by atomic mass is 10.0. The van der Waals surface area contributed by atoms with Crippen molar-refractivity contribution in [2.24, 2.45) is 0 Å². The number of likely N-dealkylation sites (N-methyl/N-ethyl adjacent to an activating group) is 1. The van der Waals surface area contributed by atoms with Gasteiger partial charge in [-0.15, -0.1) is 0 Å². The lowest BCUT2D eigenvalue weighted by molar-refractivity contribution is -0.0400. The number of hydrogen-bond donors (Lipinski definition) is 0. The molecule has 128 valence electrons. The minimum atomic E-state index is 0.326. The molecule has 3 nitrogen and oxygen atoms in total. The molecule has 0 bridgehead atoms. The fourth-order valence-corrected chi connectivity index (χ4v) is 3.15. The molecule has 0 amide bonds. The maximum absolute atomic E-state index is 6.13. The Hall–Kier alpha value is -1.68. The zero-order valence-electron chi connectivity index (χ0n) is 14.4. The molecule has 0 aliphatic carbocycles. The number of piperidine rings is 1. The van der Waals surface area contributed by atoms with E-state index in [-0.39, 0.29) is 0 Å². The SMILES string of the molecule is CN1CCC(OCc2ccccc2)CC1COCc1ccccc1. The van der Waals surface area contributed by atoms with Gasteiger partial charge in [0.2, 0.25) is 0 Å². The van der Waals surface area contributed by atoms with Crippen LogP contribution in [0, 0.1) is 0 Å². The minimum Gasteiger partial charge on any atom is -0.375 e. The van der Waals surface area contributed by atoms with Crippen molar-refractivity contribution in [3.05, 3.63) is 71.8 Å². The van der Waals surface area contributed by atoms with Crippen molar-refractivity contribution in [1.82, 2.24) is 4.90 Å². The summed E-state index contributed by atoms with van der Waals surface area (Å²) in [6.45, 7) is 3.21. The van der Waals surface area contributed by atoms with E-state index < -0.39 is 0 Å². The van der Waals surface area contributed by atoms with Crippen molar-refractivity contribution in [3.63, 3.8) is 0 Å². The van der Waals surface area contributed by atoms with Gasteiger partial charge in [-0.3, -0.25) is 0 Å². The normalized spacial score (nSPS) is 21.7. The van der Waals surface area contributed by atoms with E-state index in [0.29, 0.717) is 25.4 Å². The van der Waals surface area contributed by atoms with Crippen LogP contribution < -0.4 is 0 Å². The zero-order valence-corrected chi connectivity index (χ0v) is 14.4. The van der Waals surface area contributed by atoms with Crippen molar-refractivity contribution in [3.8, 4) is 0 Å². The Morgan fingerprint density at radius 2 is 1.54 bits per heavy atom. The molecule has 0 radical (unpaired) electrons. The maximum Gasteiger partial charge on any atom is 0.0720 e. The second kappa shape index (κ2) is 8.97. The monoisotopic (exact) mass is 325 g/mol. The first kappa shape index (κ1) is 17.2. The first-order valence-corrected chi connectivity index (χ1v) is 8.78. The molecule has 0 aromatic heterocycles. The smallest absolute Gasteiger partial charge is 0.0720 e.